The second-order valence-electron chi connectivity index (χ2n) is 8.95. The summed E-state index contributed by atoms with van der Waals surface area (Å²) in [6.45, 7) is 3.47. The lowest BCUT2D eigenvalue weighted by molar-refractivity contribution is -0.130. The number of fused-ring (bicyclic) bond motifs is 1. The van der Waals surface area contributed by atoms with E-state index in [-0.39, 0.29) is 5.91 Å². The molecule has 34 heavy (non-hydrogen) atoms. The molecule has 2 heterocycles. The highest BCUT2D eigenvalue weighted by molar-refractivity contribution is 7.89. The SMILES string of the molecule is Cc1nc(CN(C)C(=O)CCc2ccc(S(=O)(=O)N3CCCCCC3)cc2)nc2ccccc12. The summed E-state index contributed by atoms with van der Waals surface area (Å²) in [7, 11) is -1.70. The molecule has 4 rings (SSSR count). The molecule has 1 aliphatic rings. The van der Waals surface area contributed by atoms with Gasteiger partial charge in [0.15, 0.2) is 0 Å². The second kappa shape index (κ2) is 10.6. The summed E-state index contributed by atoms with van der Waals surface area (Å²) < 4.78 is 27.5. The lowest BCUT2D eigenvalue weighted by atomic mass is 10.1. The van der Waals surface area contributed by atoms with Crippen LogP contribution in [0.4, 0.5) is 0 Å². The third-order valence-electron chi connectivity index (χ3n) is 6.40. The molecule has 1 fully saturated rings. The molecular weight excluding hydrogens is 448 g/mol. The van der Waals surface area contributed by atoms with Crippen molar-refractivity contribution in [2.24, 2.45) is 0 Å². The third kappa shape index (κ3) is 5.62. The van der Waals surface area contributed by atoms with Crippen LogP contribution in [-0.4, -0.2) is 53.6 Å². The van der Waals surface area contributed by atoms with Crippen molar-refractivity contribution in [1.82, 2.24) is 19.2 Å². The maximum absolute atomic E-state index is 12.9. The summed E-state index contributed by atoms with van der Waals surface area (Å²) >= 11 is 0. The van der Waals surface area contributed by atoms with Gasteiger partial charge in [0.05, 0.1) is 17.0 Å². The van der Waals surface area contributed by atoms with E-state index in [1.807, 2.05) is 43.3 Å². The van der Waals surface area contributed by atoms with E-state index >= 15 is 0 Å². The van der Waals surface area contributed by atoms with Crippen LogP contribution < -0.4 is 0 Å². The van der Waals surface area contributed by atoms with Crippen LogP contribution in [0.25, 0.3) is 10.9 Å². The van der Waals surface area contributed by atoms with Crippen LogP contribution in [0.5, 0.6) is 0 Å². The number of aromatic nitrogens is 2. The van der Waals surface area contributed by atoms with Gasteiger partial charge in [-0.05, 0) is 49.9 Å². The summed E-state index contributed by atoms with van der Waals surface area (Å²) in [5.41, 5.74) is 2.71. The molecule has 1 aliphatic heterocycles. The van der Waals surface area contributed by atoms with Crippen LogP contribution in [0.1, 0.15) is 49.2 Å². The Morgan fingerprint density at radius 3 is 2.35 bits per heavy atom. The van der Waals surface area contributed by atoms with Gasteiger partial charge in [0, 0.05) is 37.6 Å². The molecule has 1 aromatic heterocycles. The maximum atomic E-state index is 12.9. The Bertz CT molecular complexity index is 1250. The van der Waals surface area contributed by atoms with Gasteiger partial charge in [-0.2, -0.15) is 4.31 Å². The minimum atomic E-state index is -3.46. The summed E-state index contributed by atoms with van der Waals surface area (Å²) in [4.78, 5) is 23.8. The molecule has 3 aromatic rings. The van der Waals surface area contributed by atoms with E-state index in [9.17, 15) is 13.2 Å². The zero-order valence-corrected chi connectivity index (χ0v) is 20.7. The highest BCUT2D eigenvalue weighted by Crippen LogP contribution is 2.21. The number of hydrogen-bond acceptors (Lipinski definition) is 5. The van der Waals surface area contributed by atoms with Crippen LogP contribution in [0.2, 0.25) is 0 Å². The van der Waals surface area contributed by atoms with Gasteiger partial charge in [0.25, 0.3) is 0 Å². The molecule has 1 amide bonds. The number of nitrogens with zero attached hydrogens (tertiary/aromatic N) is 4. The Balaban J connectivity index is 1.34. The molecule has 0 radical (unpaired) electrons. The van der Waals surface area contributed by atoms with Crippen molar-refractivity contribution in [2.45, 2.75) is 56.9 Å². The normalized spacial score (nSPS) is 15.2. The summed E-state index contributed by atoms with van der Waals surface area (Å²) in [6.07, 6.45) is 4.87. The maximum Gasteiger partial charge on any atom is 0.243 e. The minimum Gasteiger partial charge on any atom is -0.338 e. The van der Waals surface area contributed by atoms with Gasteiger partial charge in [-0.15, -0.1) is 0 Å². The topological polar surface area (TPSA) is 83.5 Å². The molecule has 0 bridgehead atoms. The summed E-state index contributed by atoms with van der Waals surface area (Å²) in [6, 6.07) is 14.8. The number of para-hydroxylation sites is 1. The van der Waals surface area contributed by atoms with Crippen LogP contribution in [-0.2, 0) is 27.8 Å². The number of rotatable bonds is 7. The molecule has 1 saturated heterocycles. The Morgan fingerprint density at radius 1 is 0.971 bits per heavy atom. The number of sulfonamides is 1. The molecule has 7 nitrogen and oxygen atoms in total. The number of carbonyl (C=O) groups excluding carboxylic acids is 1. The Labute approximate surface area is 201 Å². The first kappa shape index (κ1) is 24.3. The molecule has 0 spiro atoms. The van der Waals surface area contributed by atoms with Crippen LogP contribution in [0.3, 0.4) is 0 Å². The van der Waals surface area contributed by atoms with Crippen molar-refractivity contribution in [2.75, 3.05) is 20.1 Å². The van der Waals surface area contributed by atoms with Crippen molar-refractivity contribution in [1.29, 1.82) is 0 Å². The summed E-state index contributed by atoms with van der Waals surface area (Å²) in [5.74, 6) is 0.616. The molecule has 0 unspecified atom stereocenters. The number of carbonyl (C=O) groups is 1. The van der Waals surface area contributed by atoms with E-state index in [2.05, 4.69) is 9.97 Å². The summed E-state index contributed by atoms with van der Waals surface area (Å²) in [5, 5.41) is 1.02. The standard InChI is InChI=1S/C26H32N4O3S/c1-20-23-9-5-6-10-24(23)28-25(27-20)19-29(2)26(31)16-13-21-11-14-22(15-12-21)34(32,33)30-17-7-3-4-8-18-30/h5-6,9-12,14-15H,3-4,7-8,13,16-19H2,1-2H3. The Kier molecular flexibility index (Phi) is 7.58. The number of amides is 1. The molecule has 180 valence electrons. The number of aryl methyl sites for hydroxylation is 2. The van der Waals surface area contributed by atoms with Crippen LogP contribution in [0.15, 0.2) is 53.4 Å². The van der Waals surface area contributed by atoms with Crippen LogP contribution in [0, 0.1) is 6.92 Å². The number of hydrogen-bond donors (Lipinski definition) is 0. The van der Waals surface area contributed by atoms with Crippen molar-refractivity contribution in [3.05, 3.63) is 65.6 Å². The Hall–Kier alpha value is -2.84. The highest BCUT2D eigenvalue weighted by Gasteiger charge is 2.25. The zero-order chi connectivity index (χ0) is 24.1. The lowest BCUT2D eigenvalue weighted by Crippen LogP contribution is -2.31. The molecule has 8 heteroatoms. The first-order valence-electron chi connectivity index (χ1n) is 11.9. The van der Waals surface area contributed by atoms with Gasteiger partial charge in [0.2, 0.25) is 15.9 Å². The molecule has 0 atom stereocenters. The van der Waals surface area contributed by atoms with E-state index in [1.54, 1.807) is 28.4 Å². The van der Waals surface area contributed by atoms with Crippen LogP contribution >= 0.6 is 0 Å². The van der Waals surface area contributed by atoms with E-state index < -0.39 is 10.0 Å². The highest BCUT2D eigenvalue weighted by atomic mass is 32.2. The van der Waals surface area contributed by atoms with Gasteiger partial charge in [-0.1, -0.05) is 43.2 Å². The number of benzene rings is 2. The second-order valence-corrected chi connectivity index (χ2v) is 10.9. The van der Waals surface area contributed by atoms with E-state index in [0.717, 1.165) is 47.8 Å². The monoisotopic (exact) mass is 480 g/mol. The first-order valence-corrected chi connectivity index (χ1v) is 13.3. The van der Waals surface area contributed by atoms with Crippen molar-refractivity contribution in [3.8, 4) is 0 Å². The van der Waals surface area contributed by atoms with Crippen molar-refractivity contribution < 1.29 is 13.2 Å². The van der Waals surface area contributed by atoms with Gasteiger partial charge in [0.1, 0.15) is 5.82 Å². The predicted octanol–water partition coefficient (Wildman–Crippen LogP) is 4.09. The third-order valence-corrected chi connectivity index (χ3v) is 8.31. The molecular formula is C26H32N4O3S. The van der Waals surface area contributed by atoms with Crippen molar-refractivity contribution in [3.63, 3.8) is 0 Å². The minimum absolute atomic E-state index is 0.00400. The molecule has 2 aromatic carbocycles. The van der Waals surface area contributed by atoms with Gasteiger partial charge in [-0.3, -0.25) is 4.79 Å². The largest absolute Gasteiger partial charge is 0.338 e. The fourth-order valence-corrected chi connectivity index (χ4v) is 5.88. The molecule has 0 saturated carbocycles. The quantitative estimate of drug-likeness (QED) is 0.509. The molecule has 0 N–H and O–H groups in total. The van der Waals surface area contributed by atoms with E-state index in [0.29, 0.717) is 43.2 Å². The lowest BCUT2D eigenvalue weighted by Gasteiger charge is -2.20. The zero-order valence-electron chi connectivity index (χ0n) is 19.9. The van der Waals surface area contributed by atoms with Gasteiger partial charge in [-0.25, -0.2) is 18.4 Å². The fraction of sp³-hybridized carbons (Fsp3) is 0.423. The first-order chi connectivity index (χ1) is 16.3. The average Bonchev–Trinajstić information content (AvgIpc) is 3.13. The average molecular weight is 481 g/mol. The van der Waals surface area contributed by atoms with Crippen molar-refractivity contribution >= 4 is 26.8 Å². The fourth-order valence-electron chi connectivity index (χ4n) is 4.37. The van der Waals surface area contributed by atoms with Gasteiger partial charge < -0.3 is 4.90 Å². The van der Waals surface area contributed by atoms with Gasteiger partial charge >= 0.3 is 0 Å². The van der Waals surface area contributed by atoms with E-state index in [4.69, 9.17) is 0 Å². The smallest absolute Gasteiger partial charge is 0.243 e. The molecule has 0 aliphatic carbocycles. The Morgan fingerprint density at radius 2 is 1.65 bits per heavy atom. The predicted molar refractivity (Wildman–Crippen MR) is 133 cm³/mol. The van der Waals surface area contributed by atoms with E-state index in [1.165, 1.54) is 0 Å².